The molecular formula is C16H13FO2. The zero-order valence-electron chi connectivity index (χ0n) is 10.7. The van der Waals surface area contributed by atoms with Crippen molar-refractivity contribution in [3.63, 3.8) is 0 Å². The van der Waals surface area contributed by atoms with Crippen LogP contribution in [0.3, 0.4) is 0 Å². The van der Waals surface area contributed by atoms with E-state index >= 15 is 0 Å². The van der Waals surface area contributed by atoms with Crippen molar-refractivity contribution < 1.29 is 13.9 Å². The Hall–Kier alpha value is -2.29. The van der Waals surface area contributed by atoms with Crippen molar-refractivity contribution in [2.24, 2.45) is 0 Å². The molecular weight excluding hydrogens is 243 g/mol. The first-order valence-electron chi connectivity index (χ1n) is 5.97. The topological polar surface area (TPSA) is 18.5 Å². The lowest BCUT2D eigenvalue weighted by Crippen LogP contribution is -1.91. The monoisotopic (exact) mass is 256 g/mol. The molecule has 2 nitrogen and oxygen atoms in total. The first kappa shape index (κ1) is 11.8. The number of halogens is 1. The van der Waals surface area contributed by atoms with Gasteiger partial charge in [-0.1, -0.05) is 18.2 Å². The molecule has 0 aliphatic heterocycles. The van der Waals surface area contributed by atoms with Crippen molar-refractivity contribution in [2.45, 2.75) is 0 Å². The van der Waals surface area contributed by atoms with Gasteiger partial charge in [-0.05, 0) is 45.8 Å². The molecule has 19 heavy (non-hydrogen) atoms. The number of fused-ring (bicyclic) bond motifs is 3. The molecule has 3 aromatic carbocycles. The van der Waals surface area contributed by atoms with Gasteiger partial charge in [-0.2, -0.15) is 0 Å². The predicted octanol–water partition coefficient (Wildman–Crippen LogP) is 4.15. The molecule has 0 aliphatic rings. The van der Waals surface area contributed by atoms with E-state index in [1.165, 1.54) is 6.07 Å². The van der Waals surface area contributed by atoms with Gasteiger partial charge < -0.3 is 9.47 Å². The lowest BCUT2D eigenvalue weighted by atomic mass is 10.0. The van der Waals surface area contributed by atoms with Gasteiger partial charge in [0.25, 0.3) is 0 Å². The van der Waals surface area contributed by atoms with E-state index in [4.69, 9.17) is 9.47 Å². The van der Waals surface area contributed by atoms with Gasteiger partial charge in [0, 0.05) is 0 Å². The highest BCUT2D eigenvalue weighted by atomic mass is 19.1. The van der Waals surface area contributed by atoms with E-state index < -0.39 is 0 Å². The Bertz CT molecular complexity index is 765. The third kappa shape index (κ3) is 1.87. The minimum Gasteiger partial charge on any atom is -0.493 e. The highest BCUT2D eigenvalue weighted by Gasteiger charge is 2.08. The van der Waals surface area contributed by atoms with E-state index in [2.05, 4.69) is 0 Å². The fourth-order valence-corrected chi connectivity index (χ4v) is 2.35. The molecule has 3 aromatic rings. The molecule has 0 atom stereocenters. The Morgan fingerprint density at radius 1 is 0.737 bits per heavy atom. The summed E-state index contributed by atoms with van der Waals surface area (Å²) in [4.78, 5) is 0. The first-order chi connectivity index (χ1) is 9.22. The van der Waals surface area contributed by atoms with Gasteiger partial charge in [-0.15, -0.1) is 0 Å². The third-order valence-electron chi connectivity index (χ3n) is 3.30. The van der Waals surface area contributed by atoms with Gasteiger partial charge in [-0.3, -0.25) is 0 Å². The second-order valence-corrected chi connectivity index (χ2v) is 4.36. The van der Waals surface area contributed by atoms with Crippen molar-refractivity contribution >= 4 is 21.5 Å². The number of hydrogen-bond acceptors (Lipinski definition) is 2. The van der Waals surface area contributed by atoms with Crippen LogP contribution >= 0.6 is 0 Å². The summed E-state index contributed by atoms with van der Waals surface area (Å²) >= 11 is 0. The minimum atomic E-state index is -0.241. The molecule has 0 fully saturated rings. The fraction of sp³-hybridized carbons (Fsp3) is 0.125. The molecule has 0 heterocycles. The molecule has 0 N–H and O–H groups in total. The number of hydrogen-bond donors (Lipinski definition) is 0. The molecule has 0 amide bonds. The lowest BCUT2D eigenvalue weighted by Gasteiger charge is -2.11. The number of methoxy groups -OCH3 is 2. The summed E-state index contributed by atoms with van der Waals surface area (Å²) < 4.78 is 24.0. The lowest BCUT2D eigenvalue weighted by molar-refractivity contribution is 0.356. The summed E-state index contributed by atoms with van der Waals surface area (Å²) in [7, 11) is 3.19. The maximum Gasteiger partial charge on any atom is 0.161 e. The van der Waals surface area contributed by atoms with Gasteiger partial charge in [0.1, 0.15) is 5.82 Å². The maximum absolute atomic E-state index is 13.4. The summed E-state index contributed by atoms with van der Waals surface area (Å²) in [6.07, 6.45) is 0. The van der Waals surface area contributed by atoms with Crippen molar-refractivity contribution in [2.75, 3.05) is 14.2 Å². The van der Waals surface area contributed by atoms with Crippen LogP contribution in [0.5, 0.6) is 11.5 Å². The SMILES string of the molecule is COc1cc2ccc3ccc(F)cc3c2cc1OC. The van der Waals surface area contributed by atoms with Crippen LogP contribution in [0, 0.1) is 5.82 Å². The predicted molar refractivity (Wildman–Crippen MR) is 74.5 cm³/mol. The highest BCUT2D eigenvalue weighted by Crippen LogP contribution is 2.35. The van der Waals surface area contributed by atoms with E-state index in [0.717, 1.165) is 21.5 Å². The normalized spacial score (nSPS) is 10.9. The van der Waals surface area contributed by atoms with Gasteiger partial charge >= 0.3 is 0 Å². The number of ether oxygens (including phenoxy) is 2. The minimum absolute atomic E-state index is 0.241. The average Bonchev–Trinajstić information content (AvgIpc) is 2.45. The molecule has 0 aromatic heterocycles. The van der Waals surface area contributed by atoms with E-state index in [0.29, 0.717) is 11.5 Å². The zero-order valence-corrected chi connectivity index (χ0v) is 10.7. The maximum atomic E-state index is 13.4. The van der Waals surface area contributed by atoms with Crippen molar-refractivity contribution in [3.8, 4) is 11.5 Å². The van der Waals surface area contributed by atoms with Crippen molar-refractivity contribution in [3.05, 3.63) is 48.3 Å². The zero-order chi connectivity index (χ0) is 13.4. The molecule has 3 rings (SSSR count). The van der Waals surface area contributed by atoms with Crippen LogP contribution in [0.15, 0.2) is 42.5 Å². The van der Waals surface area contributed by atoms with Crippen LogP contribution in [-0.4, -0.2) is 14.2 Å². The van der Waals surface area contributed by atoms with Gasteiger partial charge in [0.05, 0.1) is 14.2 Å². The first-order valence-corrected chi connectivity index (χ1v) is 5.97. The van der Waals surface area contributed by atoms with Gasteiger partial charge in [0.15, 0.2) is 11.5 Å². The van der Waals surface area contributed by atoms with E-state index in [1.54, 1.807) is 26.4 Å². The Morgan fingerprint density at radius 2 is 1.32 bits per heavy atom. The second-order valence-electron chi connectivity index (χ2n) is 4.36. The summed E-state index contributed by atoms with van der Waals surface area (Å²) in [5, 5.41) is 3.82. The third-order valence-corrected chi connectivity index (χ3v) is 3.30. The van der Waals surface area contributed by atoms with Gasteiger partial charge in [0.2, 0.25) is 0 Å². The van der Waals surface area contributed by atoms with Crippen LogP contribution in [-0.2, 0) is 0 Å². The number of benzene rings is 3. The Balaban J connectivity index is 2.43. The van der Waals surface area contributed by atoms with Crippen LogP contribution in [0.1, 0.15) is 0 Å². The largest absolute Gasteiger partial charge is 0.493 e. The molecule has 0 unspecified atom stereocenters. The molecule has 0 saturated carbocycles. The van der Waals surface area contributed by atoms with Crippen molar-refractivity contribution in [1.29, 1.82) is 0 Å². The molecule has 0 aliphatic carbocycles. The van der Waals surface area contributed by atoms with Crippen LogP contribution in [0.25, 0.3) is 21.5 Å². The van der Waals surface area contributed by atoms with E-state index in [9.17, 15) is 4.39 Å². The number of rotatable bonds is 2. The van der Waals surface area contributed by atoms with Gasteiger partial charge in [-0.25, -0.2) is 4.39 Å². The molecule has 96 valence electrons. The summed E-state index contributed by atoms with van der Waals surface area (Å²) in [5.41, 5.74) is 0. The molecule has 0 saturated heterocycles. The quantitative estimate of drug-likeness (QED) is 0.641. The van der Waals surface area contributed by atoms with Crippen LogP contribution in [0.4, 0.5) is 4.39 Å². The smallest absolute Gasteiger partial charge is 0.161 e. The standard InChI is InChI=1S/C16H13FO2/c1-18-15-7-11-4-3-10-5-6-12(17)8-13(10)14(11)9-16(15)19-2/h3-9H,1-2H3. The van der Waals surface area contributed by atoms with Crippen LogP contribution in [0.2, 0.25) is 0 Å². The second kappa shape index (κ2) is 4.43. The summed E-state index contributed by atoms with van der Waals surface area (Å²) in [6, 6.07) is 12.5. The highest BCUT2D eigenvalue weighted by molar-refractivity contribution is 6.08. The molecule has 0 radical (unpaired) electrons. The van der Waals surface area contributed by atoms with E-state index in [-0.39, 0.29) is 5.82 Å². The average molecular weight is 256 g/mol. The van der Waals surface area contributed by atoms with Crippen LogP contribution < -0.4 is 9.47 Å². The molecule has 0 bridgehead atoms. The Labute approximate surface area is 110 Å². The molecule has 3 heteroatoms. The Morgan fingerprint density at radius 3 is 2.05 bits per heavy atom. The fourth-order valence-electron chi connectivity index (χ4n) is 2.35. The molecule has 0 spiro atoms. The summed E-state index contributed by atoms with van der Waals surface area (Å²) in [6.45, 7) is 0. The Kier molecular flexibility index (Phi) is 2.75. The van der Waals surface area contributed by atoms with E-state index in [1.807, 2.05) is 24.3 Å². The summed E-state index contributed by atoms with van der Waals surface area (Å²) in [5.74, 6) is 1.08. The van der Waals surface area contributed by atoms with Crippen molar-refractivity contribution in [1.82, 2.24) is 0 Å².